The molecule has 36 heavy (non-hydrogen) atoms. The monoisotopic (exact) mass is 551 g/mol. The summed E-state index contributed by atoms with van der Waals surface area (Å²) < 4.78 is 27.0. The van der Waals surface area contributed by atoms with E-state index in [2.05, 4.69) is 28.0 Å². The van der Waals surface area contributed by atoms with Gasteiger partial charge in [0.25, 0.3) is 5.56 Å². The summed E-state index contributed by atoms with van der Waals surface area (Å²) in [4.78, 5) is 18.1. The van der Waals surface area contributed by atoms with Crippen molar-refractivity contribution in [2.45, 2.75) is 39.7 Å². The van der Waals surface area contributed by atoms with Gasteiger partial charge in [-0.2, -0.15) is 9.78 Å². The highest BCUT2D eigenvalue weighted by molar-refractivity contribution is 9.10. The molecule has 0 spiro atoms. The minimum Gasteiger partial charge on any atom is -0.490 e. The molecule has 8 heteroatoms. The van der Waals surface area contributed by atoms with Gasteiger partial charge in [0.15, 0.2) is 11.5 Å². The van der Waals surface area contributed by atoms with Crippen molar-refractivity contribution in [3.8, 4) is 11.5 Å². The lowest BCUT2D eigenvalue weighted by molar-refractivity contribution is 0.269. The van der Waals surface area contributed by atoms with Gasteiger partial charge in [-0.25, -0.2) is 9.37 Å². The van der Waals surface area contributed by atoms with Gasteiger partial charge in [0.05, 0.1) is 23.7 Å². The molecular formula is C28H27BrFN3O3. The predicted octanol–water partition coefficient (Wildman–Crippen LogP) is 6.67. The molecule has 0 aliphatic heterocycles. The van der Waals surface area contributed by atoms with Gasteiger partial charge < -0.3 is 9.47 Å². The number of hydrogen-bond acceptors (Lipinski definition) is 5. The van der Waals surface area contributed by atoms with Gasteiger partial charge in [0.2, 0.25) is 0 Å². The number of fused-ring (bicyclic) bond motifs is 1. The van der Waals surface area contributed by atoms with Crippen molar-refractivity contribution in [3.05, 3.63) is 98.3 Å². The van der Waals surface area contributed by atoms with Gasteiger partial charge in [-0.1, -0.05) is 41.9 Å². The van der Waals surface area contributed by atoms with Crippen molar-refractivity contribution in [2.75, 3.05) is 6.61 Å². The summed E-state index contributed by atoms with van der Waals surface area (Å²) in [6.45, 7) is 6.70. The van der Waals surface area contributed by atoms with Crippen molar-refractivity contribution < 1.29 is 13.9 Å². The Hall–Kier alpha value is -3.52. The van der Waals surface area contributed by atoms with E-state index >= 15 is 0 Å². The van der Waals surface area contributed by atoms with E-state index in [-0.39, 0.29) is 23.9 Å². The second kappa shape index (κ2) is 11.5. The van der Waals surface area contributed by atoms with Crippen molar-refractivity contribution in [3.63, 3.8) is 0 Å². The molecule has 1 heterocycles. The van der Waals surface area contributed by atoms with E-state index in [1.807, 2.05) is 38.1 Å². The zero-order chi connectivity index (χ0) is 25.7. The SMILES string of the molecule is CCOc1cc(C=Nn2c([C@@H](C)CC)nc3ccc(Br)cc3c2=O)ccc1OCc1ccc(F)cc1. The van der Waals surface area contributed by atoms with Gasteiger partial charge in [-0.05, 0) is 73.0 Å². The standard InChI is InChI=1S/C28H27BrFN3O3/c1-4-18(3)27-32-24-12-9-21(29)15-23(24)28(34)33(27)31-16-20-8-13-25(26(14-20)35-5-2)36-17-19-6-10-22(30)11-7-19/h6-16,18H,4-5,17H2,1-3H3/t18-/m0/s1. The molecule has 1 atom stereocenters. The van der Waals surface area contributed by atoms with Crippen LogP contribution >= 0.6 is 15.9 Å². The van der Waals surface area contributed by atoms with Crippen LogP contribution in [0, 0.1) is 5.82 Å². The maximum Gasteiger partial charge on any atom is 0.282 e. The first kappa shape index (κ1) is 25.6. The highest BCUT2D eigenvalue weighted by atomic mass is 79.9. The van der Waals surface area contributed by atoms with E-state index in [9.17, 15) is 9.18 Å². The van der Waals surface area contributed by atoms with Gasteiger partial charge >= 0.3 is 0 Å². The molecule has 0 aliphatic carbocycles. The predicted molar refractivity (Wildman–Crippen MR) is 144 cm³/mol. The Bertz CT molecular complexity index is 1450. The zero-order valence-electron chi connectivity index (χ0n) is 20.4. The average molecular weight is 552 g/mol. The first-order chi connectivity index (χ1) is 17.4. The molecule has 0 saturated heterocycles. The Morgan fingerprint density at radius 2 is 1.83 bits per heavy atom. The quantitative estimate of drug-likeness (QED) is 0.218. The Kier molecular flexibility index (Phi) is 8.15. The minimum atomic E-state index is -0.290. The third-order valence-corrected chi connectivity index (χ3v) is 6.28. The molecule has 0 saturated carbocycles. The van der Waals surface area contributed by atoms with Gasteiger partial charge in [0.1, 0.15) is 18.2 Å². The Morgan fingerprint density at radius 1 is 1.06 bits per heavy atom. The largest absolute Gasteiger partial charge is 0.490 e. The number of nitrogens with zero attached hydrogens (tertiary/aromatic N) is 3. The smallest absolute Gasteiger partial charge is 0.282 e. The van der Waals surface area contributed by atoms with Crippen LogP contribution in [-0.2, 0) is 6.61 Å². The third-order valence-electron chi connectivity index (χ3n) is 5.78. The fourth-order valence-corrected chi connectivity index (χ4v) is 4.00. The minimum absolute atomic E-state index is 0.0455. The van der Waals surface area contributed by atoms with Crippen LogP contribution in [0.15, 0.2) is 75.0 Å². The molecule has 0 bridgehead atoms. The van der Waals surface area contributed by atoms with Crippen molar-refractivity contribution in [1.29, 1.82) is 0 Å². The summed E-state index contributed by atoms with van der Waals surface area (Å²) in [6, 6.07) is 17.1. The maximum absolute atomic E-state index is 13.3. The van der Waals surface area contributed by atoms with Crippen LogP contribution < -0.4 is 15.0 Å². The van der Waals surface area contributed by atoms with Crippen LogP contribution in [0.2, 0.25) is 0 Å². The molecule has 4 aromatic rings. The van der Waals surface area contributed by atoms with Crippen molar-refractivity contribution >= 4 is 33.0 Å². The van der Waals surface area contributed by atoms with Crippen LogP contribution in [0.3, 0.4) is 0 Å². The highest BCUT2D eigenvalue weighted by Crippen LogP contribution is 2.29. The summed E-state index contributed by atoms with van der Waals surface area (Å²) in [5.41, 5.74) is 2.00. The number of ether oxygens (including phenoxy) is 2. The fraction of sp³-hybridized carbons (Fsp3) is 0.250. The first-order valence-corrected chi connectivity index (χ1v) is 12.6. The molecule has 0 radical (unpaired) electrons. The van der Waals surface area contributed by atoms with Gasteiger partial charge in [-0.3, -0.25) is 4.79 Å². The van der Waals surface area contributed by atoms with E-state index < -0.39 is 0 Å². The first-order valence-electron chi connectivity index (χ1n) is 11.8. The average Bonchev–Trinajstić information content (AvgIpc) is 2.88. The molecule has 0 aliphatic rings. The lowest BCUT2D eigenvalue weighted by Gasteiger charge is -2.14. The van der Waals surface area contributed by atoms with E-state index in [0.29, 0.717) is 34.8 Å². The molecule has 6 nitrogen and oxygen atoms in total. The number of rotatable bonds is 9. The lowest BCUT2D eigenvalue weighted by atomic mass is 10.1. The van der Waals surface area contributed by atoms with Crippen LogP contribution in [0.5, 0.6) is 11.5 Å². The second-order valence-electron chi connectivity index (χ2n) is 8.36. The van der Waals surface area contributed by atoms with Crippen molar-refractivity contribution in [2.24, 2.45) is 5.10 Å². The zero-order valence-corrected chi connectivity index (χ0v) is 22.0. The Balaban J connectivity index is 1.66. The topological polar surface area (TPSA) is 65.7 Å². The van der Waals surface area contributed by atoms with E-state index in [1.165, 1.54) is 16.8 Å². The summed E-state index contributed by atoms with van der Waals surface area (Å²) in [6.07, 6.45) is 2.43. The van der Waals surface area contributed by atoms with Gasteiger partial charge in [-0.15, -0.1) is 0 Å². The molecule has 4 rings (SSSR count). The van der Waals surface area contributed by atoms with Crippen molar-refractivity contribution in [1.82, 2.24) is 9.66 Å². The number of aromatic nitrogens is 2. The van der Waals surface area contributed by atoms with Crippen LogP contribution in [-0.4, -0.2) is 22.5 Å². The summed E-state index contributed by atoms with van der Waals surface area (Å²) in [7, 11) is 0. The number of benzene rings is 3. The molecule has 0 unspecified atom stereocenters. The molecule has 0 fully saturated rings. The summed E-state index contributed by atoms with van der Waals surface area (Å²) in [5, 5.41) is 5.02. The lowest BCUT2D eigenvalue weighted by Crippen LogP contribution is -2.23. The Labute approximate surface area is 217 Å². The molecule has 186 valence electrons. The van der Waals surface area contributed by atoms with Gasteiger partial charge in [0, 0.05) is 10.4 Å². The molecule has 1 aromatic heterocycles. The third kappa shape index (κ3) is 5.82. The number of halogens is 2. The Morgan fingerprint density at radius 3 is 2.56 bits per heavy atom. The van der Waals surface area contributed by atoms with E-state index in [4.69, 9.17) is 14.5 Å². The second-order valence-corrected chi connectivity index (χ2v) is 9.27. The normalized spacial score (nSPS) is 12.2. The van der Waals surface area contributed by atoms with Crippen LogP contribution in [0.25, 0.3) is 10.9 Å². The van der Waals surface area contributed by atoms with Crippen LogP contribution in [0.1, 0.15) is 50.1 Å². The summed E-state index contributed by atoms with van der Waals surface area (Å²) >= 11 is 3.43. The van der Waals surface area contributed by atoms with E-state index in [0.717, 1.165) is 22.0 Å². The molecule has 0 amide bonds. The van der Waals surface area contributed by atoms with E-state index in [1.54, 1.807) is 30.5 Å². The maximum atomic E-state index is 13.3. The summed E-state index contributed by atoms with van der Waals surface area (Å²) in [5.74, 6) is 1.48. The van der Waals surface area contributed by atoms with Crippen LogP contribution in [0.4, 0.5) is 4.39 Å². The highest BCUT2D eigenvalue weighted by Gasteiger charge is 2.16. The number of hydrogen-bond donors (Lipinski definition) is 0. The fourth-order valence-electron chi connectivity index (χ4n) is 3.64. The molecular weight excluding hydrogens is 525 g/mol. The molecule has 0 N–H and O–H groups in total. The molecule has 3 aromatic carbocycles.